The summed E-state index contributed by atoms with van der Waals surface area (Å²) in [4.78, 5) is 38.9. The van der Waals surface area contributed by atoms with Gasteiger partial charge >= 0.3 is 5.97 Å². The van der Waals surface area contributed by atoms with E-state index in [9.17, 15) is 19.7 Å². The first-order valence-corrected chi connectivity index (χ1v) is 5.30. The van der Waals surface area contributed by atoms with E-state index in [0.717, 1.165) is 18.2 Å². The molecular weight excluding hydrogens is 268 g/mol. The van der Waals surface area contributed by atoms with Crippen molar-refractivity contribution in [2.45, 2.75) is 0 Å². The van der Waals surface area contributed by atoms with Gasteiger partial charge in [-0.2, -0.15) is 0 Å². The molecule has 1 heterocycles. The molecule has 1 aromatic carbocycles. The molecule has 9 nitrogen and oxygen atoms in total. The molecule has 0 aliphatic heterocycles. The fraction of sp³-hybridized carbons (Fsp3) is 0. The van der Waals surface area contributed by atoms with Crippen molar-refractivity contribution in [3.8, 4) is 0 Å². The van der Waals surface area contributed by atoms with Crippen LogP contribution in [0.25, 0.3) is 0 Å². The number of nitro benzene ring substituents is 1. The molecule has 0 aliphatic carbocycles. The number of benzene rings is 1. The standard InChI is InChI=1S/C11H8N4O5/c16-10(9-4-12-5-13-9)14-8-2-1-6(15(19)20)3-7(8)11(17)18/h1-5H,(H,12,13)(H,14,16)(H,17,18). The number of H-pyrrole nitrogens is 1. The van der Waals surface area contributed by atoms with Gasteiger partial charge in [0.15, 0.2) is 0 Å². The van der Waals surface area contributed by atoms with Gasteiger partial charge in [-0.05, 0) is 6.07 Å². The number of nitrogens with zero attached hydrogens (tertiary/aromatic N) is 2. The number of nitrogens with one attached hydrogen (secondary N) is 2. The smallest absolute Gasteiger partial charge is 0.338 e. The minimum absolute atomic E-state index is 0.0392. The van der Waals surface area contributed by atoms with Crippen LogP contribution in [0.4, 0.5) is 11.4 Å². The highest BCUT2D eigenvalue weighted by atomic mass is 16.6. The van der Waals surface area contributed by atoms with Gasteiger partial charge in [0.1, 0.15) is 5.69 Å². The summed E-state index contributed by atoms with van der Waals surface area (Å²) in [7, 11) is 0. The Balaban J connectivity index is 2.34. The summed E-state index contributed by atoms with van der Waals surface area (Å²) in [5.41, 5.74) is -0.642. The number of imidazole rings is 1. The van der Waals surface area contributed by atoms with Crippen molar-refractivity contribution in [3.63, 3.8) is 0 Å². The van der Waals surface area contributed by atoms with Crippen LogP contribution >= 0.6 is 0 Å². The molecule has 9 heteroatoms. The van der Waals surface area contributed by atoms with Crippen molar-refractivity contribution in [2.75, 3.05) is 5.32 Å². The van der Waals surface area contributed by atoms with Gasteiger partial charge in [0.25, 0.3) is 11.6 Å². The maximum atomic E-state index is 11.8. The van der Waals surface area contributed by atoms with Crippen LogP contribution in [0, 0.1) is 10.1 Å². The number of hydrogen-bond acceptors (Lipinski definition) is 5. The van der Waals surface area contributed by atoms with Crippen LogP contribution in [0.5, 0.6) is 0 Å². The molecule has 2 rings (SSSR count). The van der Waals surface area contributed by atoms with Gasteiger partial charge in [-0.3, -0.25) is 14.9 Å². The molecule has 0 saturated carbocycles. The predicted octanol–water partition coefficient (Wildman–Crippen LogP) is 1.27. The van der Waals surface area contributed by atoms with Crippen LogP contribution in [0.1, 0.15) is 20.8 Å². The molecule has 0 bridgehead atoms. The monoisotopic (exact) mass is 276 g/mol. The lowest BCUT2D eigenvalue weighted by Gasteiger charge is -2.07. The van der Waals surface area contributed by atoms with Gasteiger partial charge in [0.05, 0.1) is 28.7 Å². The number of anilines is 1. The first-order valence-electron chi connectivity index (χ1n) is 5.30. The Labute approximate surface area is 111 Å². The van der Waals surface area contributed by atoms with Gasteiger partial charge in [0.2, 0.25) is 0 Å². The first-order chi connectivity index (χ1) is 9.49. The Morgan fingerprint density at radius 1 is 1.40 bits per heavy atom. The Hall–Kier alpha value is -3.23. The van der Waals surface area contributed by atoms with Crippen LogP contribution < -0.4 is 5.32 Å². The Morgan fingerprint density at radius 2 is 2.15 bits per heavy atom. The van der Waals surface area contributed by atoms with Crippen molar-refractivity contribution in [3.05, 3.63) is 52.1 Å². The van der Waals surface area contributed by atoms with Crippen molar-refractivity contribution in [2.24, 2.45) is 0 Å². The molecule has 0 unspecified atom stereocenters. The number of aromatic nitrogens is 2. The summed E-state index contributed by atoms with van der Waals surface area (Å²) in [5, 5.41) is 22.0. The number of carbonyl (C=O) groups is 2. The van der Waals surface area contributed by atoms with Crippen LogP contribution in [0.2, 0.25) is 0 Å². The van der Waals surface area contributed by atoms with E-state index in [1.807, 2.05) is 0 Å². The molecule has 1 aromatic heterocycles. The molecule has 1 amide bonds. The van der Waals surface area contributed by atoms with E-state index in [-0.39, 0.29) is 22.6 Å². The second-order valence-corrected chi connectivity index (χ2v) is 3.71. The molecule has 0 aliphatic rings. The average Bonchev–Trinajstić information content (AvgIpc) is 2.92. The van der Waals surface area contributed by atoms with E-state index in [1.165, 1.54) is 12.5 Å². The molecule has 0 atom stereocenters. The number of non-ortho nitro benzene ring substituents is 1. The molecule has 0 spiro atoms. The number of carbonyl (C=O) groups excluding carboxylic acids is 1. The fourth-order valence-corrected chi connectivity index (χ4v) is 1.50. The summed E-state index contributed by atoms with van der Waals surface area (Å²) in [5.74, 6) is -1.98. The van der Waals surface area contributed by atoms with Crippen molar-refractivity contribution >= 4 is 23.3 Å². The van der Waals surface area contributed by atoms with Crippen molar-refractivity contribution in [1.82, 2.24) is 9.97 Å². The van der Waals surface area contributed by atoms with Gasteiger partial charge in [0, 0.05) is 12.1 Å². The molecule has 20 heavy (non-hydrogen) atoms. The highest BCUT2D eigenvalue weighted by Gasteiger charge is 2.18. The summed E-state index contributed by atoms with van der Waals surface area (Å²) in [6.07, 6.45) is 2.56. The lowest BCUT2D eigenvalue weighted by atomic mass is 10.1. The molecular formula is C11H8N4O5. The first kappa shape index (κ1) is 13.2. The summed E-state index contributed by atoms with van der Waals surface area (Å²) in [6, 6.07) is 3.15. The molecule has 3 N–H and O–H groups in total. The van der Waals surface area contributed by atoms with Crippen LogP contribution in [0.3, 0.4) is 0 Å². The van der Waals surface area contributed by atoms with Crippen LogP contribution in [-0.4, -0.2) is 31.9 Å². The number of nitro groups is 1. The maximum absolute atomic E-state index is 11.8. The molecule has 0 saturated heterocycles. The lowest BCUT2D eigenvalue weighted by Crippen LogP contribution is -2.15. The Morgan fingerprint density at radius 3 is 2.70 bits per heavy atom. The van der Waals surface area contributed by atoms with E-state index in [0.29, 0.717) is 0 Å². The molecule has 102 valence electrons. The minimum atomic E-state index is -1.38. The highest BCUT2D eigenvalue weighted by molar-refractivity contribution is 6.06. The maximum Gasteiger partial charge on any atom is 0.338 e. The minimum Gasteiger partial charge on any atom is -0.478 e. The lowest BCUT2D eigenvalue weighted by molar-refractivity contribution is -0.384. The zero-order valence-corrected chi connectivity index (χ0v) is 9.86. The second kappa shape index (κ2) is 5.18. The number of carboxylic acids is 1. The number of hydrogen-bond donors (Lipinski definition) is 3. The van der Waals surface area contributed by atoms with E-state index in [1.54, 1.807) is 0 Å². The topological polar surface area (TPSA) is 138 Å². The zero-order valence-electron chi connectivity index (χ0n) is 9.86. The SMILES string of the molecule is O=C(Nc1ccc([N+](=O)[O-])cc1C(=O)O)c1cnc[nH]1. The molecule has 2 aromatic rings. The summed E-state index contributed by atoms with van der Waals surface area (Å²) >= 11 is 0. The number of amides is 1. The third-order valence-electron chi connectivity index (χ3n) is 2.44. The third kappa shape index (κ3) is 2.61. The normalized spacial score (nSPS) is 10.0. The third-order valence-corrected chi connectivity index (χ3v) is 2.44. The van der Waals surface area contributed by atoms with Crippen LogP contribution in [0.15, 0.2) is 30.7 Å². The molecule has 0 fully saturated rings. The zero-order chi connectivity index (χ0) is 14.7. The van der Waals surface area contributed by atoms with E-state index < -0.39 is 16.8 Å². The quantitative estimate of drug-likeness (QED) is 0.567. The Kier molecular flexibility index (Phi) is 3.42. The molecule has 0 radical (unpaired) electrons. The van der Waals surface area contributed by atoms with Crippen molar-refractivity contribution < 1.29 is 19.6 Å². The van der Waals surface area contributed by atoms with Gasteiger partial charge in [-0.1, -0.05) is 0 Å². The van der Waals surface area contributed by atoms with Gasteiger partial charge < -0.3 is 15.4 Å². The van der Waals surface area contributed by atoms with Crippen molar-refractivity contribution in [1.29, 1.82) is 0 Å². The van der Waals surface area contributed by atoms with E-state index >= 15 is 0 Å². The average molecular weight is 276 g/mol. The number of aromatic carboxylic acids is 1. The fourth-order valence-electron chi connectivity index (χ4n) is 1.50. The largest absolute Gasteiger partial charge is 0.478 e. The Bertz CT molecular complexity index is 680. The number of aromatic amines is 1. The van der Waals surface area contributed by atoms with Gasteiger partial charge in [-0.25, -0.2) is 9.78 Å². The number of rotatable bonds is 4. The van der Waals surface area contributed by atoms with E-state index in [4.69, 9.17) is 5.11 Å². The summed E-state index contributed by atoms with van der Waals surface area (Å²) < 4.78 is 0. The summed E-state index contributed by atoms with van der Waals surface area (Å²) in [6.45, 7) is 0. The van der Waals surface area contributed by atoms with E-state index in [2.05, 4.69) is 15.3 Å². The van der Waals surface area contributed by atoms with Crippen LogP contribution in [-0.2, 0) is 0 Å². The predicted molar refractivity (Wildman–Crippen MR) is 66.6 cm³/mol. The number of carboxylic acid groups (broad SMARTS) is 1. The van der Waals surface area contributed by atoms with Gasteiger partial charge in [-0.15, -0.1) is 0 Å². The second-order valence-electron chi connectivity index (χ2n) is 3.71. The highest BCUT2D eigenvalue weighted by Crippen LogP contribution is 2.22.